The average Bonchev–Trinajstić information content (AvgIpc) is 3.40. The Morgan fingerprint density at radius 3 is 2.74 bits per heavy atom. The van der Waals surface area contributed by atoms with Gasteiger partial charge in [-0.15, -0.1) is 0 Å². The summed E-state index contributed by atoms with van der Waals surface area (Å²) < 4.78 is 0. The first-order chi connectivity index (χ1) is 16.7. The summed E-state index contributed by atoms with van der Waals surface area (Å²) in [7, 11) is 0. The second kappa shape index (κ2) is 9.10. The van der Waals surface area contributed by atoms with E-state index in [1.54, 1.807) is 12.1 Å². The SMILES string of the molecule is CCc1[nH]c2nc(Sc3ccc4cc(C(C)=O)c(C(=O)O)nc4c3)nc(N3CC[C@H](N)C3)c2c1Cl. The van der Waals surface area contributed by atoms with Crippen molar-refractivity contribution < 1.29 is 14.7 Å². The Morgan fingerprint density at radius 2 is 2.09 bits per heavy atom. The van der Waals surface area contributed by atoms with Gasteiger partial charge in [-0.1, -0.05) is 24.6 Å². The number of aromatic carboxylic acids is 1. The Bertz CT molecular complexity index is 1500. The van der Waals surface area contributed by atoms with Crippen LogP contribution in [0.3, 0.4) is 0 Å². The number of ketones is 1. The lowest BCUT2D eigenvalue weighted by Gasteiger charge is -2.18. The molecular formula is C24H23ClN6O3S. The molecule has 0 radical (unpaired) electrons. The van der Waals surface area contributed by atoms with Crippen LogP contribution >= 0.6 is 23.4 Å². The van der Waals surface area contributed by atoms with Crippen molar-refractivity contribution in [2.75, 3.05) is 18.0 Å². The first kappa shape index (κ1) is 23.5. The maximum absolute atomic E-state index is 11.9. The smallest absolute Gasteiger partial charge is 0.355 e. The molecule has 0 saturated carbocycles. The molecule has 0 unspecified atom stereocenters. The molecule has 1 atom stereocenters. The summed E-state index contributed by atoms with van der Waals surface area (Å²) in [6, 6.07) is 7.09. The van der Waals surface area contributed by atoms with Crippen molar-refractivity contribution in [2.45, 2.75) is 42.8 Å². The predicted octanol–water partition coefficient (Wildman–Crippen LogP) is 4.31. The lowest BCUT2D eigenvalue weighted by Crippen LogP contribution is -2.27. The number of nitrogens with zero attached hydrogens (tertiary/aromatic N) is 4. The van der Waals surface area contributed by atoms with Gasteiger partial charge in [-0.05, 0) is 49.7 Å². The van der Waals surface area contributed by atoms with Crippen molar-refractivity contribution in [2.24, 2.45) is 5.73 Å². The standard InChI is InChI=1S/C24H23ClN6O3S/c1-3-16-19(25)18-21(28-16)29-24(30-22(18)31-7-6-13(26)10-31)35-14-5-4-12-8-15(11(2)32)20(23(33)34)27-17(12)9-14/h4-5,8-9,13H,3,6-7,10,26H2,1-2H3,(H,33,34)(H,28,29,30)/t13-/m0/s1. The first-order valence-corrected chi connectivity index (χ1v) is 12.4. The molecule has 4 aromatic rings. The molecule has 0 spiro atoms. The van der Waals surface area contributed by atoms with Crippen molar-refractivity contribution in [1.29, 1.82) is 0 Å². The van der Waals surface area contributed by atoms with E-state index in [0.29, 0.717) is 33.3 Å². The molecule has 1 saturated heterocycles. The highest BCUT2D eigenvalue weighted by Gasteiger charge is 2.26. The van der Waals surface area contributed by atoms with Crippen LogP contribution in [0, 0.1) is 0 Å². The van der Waals surface area contributed by atoms with E-state index in [-0.39, 0.29) is 23.1 Å². The molecule has 1 fully saturated rings. The molecule has 0 aliphatic carbocycles. The van der Waals surface area contributed by atoms with Crippen molar-refractivity contribution in [3.63, 3.8) is 0 Å². The molecule has 4 N–H and O–H groups in total. The normalized spacial score (nSPS) is 15.9. The maximum atomic E-state index is 11.9. The Balaban J connectivity index is 1.58. The third-order valence-electron chi connectivity index (χ3n) is 6.08. The first-order valence-electron chi connectivity index (χ1n) is 11.2. The number of pyridine rings is 1. The number of carboxylic acids is 1. The van der Waals surface area contributed by atoms with Gasteiger partial charge in [-0.2, -0.15) is 0 Å². The number of H-pyrrole nitrogens is 1. The molecule has 180 valence electrons. The minimum absolute atomic E-state index is 0.0781. The highest BCUT2D eigenvalue weighted by molar-refractivity contribution is 7.99. The van der Waals surface area contributed by atoms with E-state index < -0.39 is 5.97 Å². The number of hydrogen-bond donors (Lipinski definition) is 3. The third-order valence-corrected chi connectivity index (χ3v) is 7.35. The fourth-order valence-electron chi connectivity index (χ4n) is 4.32. The summed E-state index contributed by atoms with van der Waals surface area (Å²) in [5, 5.41) is 12.1. The number of nitrogens with two attached hydrogens (primary N) is 1. The Morgan fingerprint density at radius 1 is 1.29 bits per heavy atom. The van der Waals surface area contributed by atoms with Crippen LogP contribution in [0.2, 0.25) is 5.02 Å². The Labute approximate surface area is 210 Å². The minimum Gasteiger partial charge on any atom is -0.476 e. The number of benzene rings is 1. The molecule has 9 nitrogen and oxygen atoms in total. The number of carbonyl (C=O) groups is 2. The lowest BCUT2D eigenvalue weighted by atomic mass is 10.1. The number of aromatic nitrogens is 4. The summed E-state index contributed by atoms with van der Waals surface area (Å²) in [4.78, 5) is 43.6. The zero-order chi connectivity index (χ0) is 24.9. The molecule has 1 aliphatic heterocycles. The summed E-state index contributed by atoms with van der Waals surface area (Å²) in [6.07, 6.45) is 1.61. The van der Waals surface area contributed by atoms with Crippen LogP contribution in [0.1, 0.15) is 46.8 Å². The number of anilines is 1. The summed E-state index contributed by atoms with van der Waals surface area (Å²) in [6.45, 7) is 4.83. The number of Topliss-reactive ketones (excluding diaryl/α,β-unsaturated/α-hetero) is 1. The highest BCUT2D eigenvalue weighted by Crippen LogP contribution is 2.38. The summed E-state index contributed by atoms with van der Waals surface area (Å²) >= 11 is 8.02. The van der Waals surface area contributed by atoms with Gasteiger partial charge in [0.25, 0.3) is 0 Å². The molecule has 1 aromatic carbocycles. The molecule has 1 aliphatic rings. The van der Waals surface area contributed by atoms with Gasteiger partial charge in [-0.25, -0.2) is 19.7 Å². The molecular weight excluding hydrogens is 488 g/mol. The molecule has 11 heteroatoms. The van der Waals surface area contributed by atoms with Crippen LogP contribution in [0.25, 0.3) is 21.9 Å². The lowest BCUT2D eigenvalue weighted by molar-refractivity contribution is 0.0686. The number of halogens is 1. The Hall–Kier alpha value is -3.21. The zero-order valence-corrected chi connectivity index (χ0v) is 20.7. The number of rotatable bonds is 6. The number of aromatic amines is 1. The van der Waals surface area contributed by atoms with Crippen LogP contribution in [0.15, 0.2) is 34.3 Å². The largest absolute Gasteiger partial charge is 0.476 e. The summed E-state index contributed by atoms with van der Waals surface area (Å²) in [5.41, 5.74) is 8.02. The fourth-order valence-corrected chi connectivity index (χ4v) is 5.46. The van der Waals surface area contributed by atoms with E-state index in [1.807, 2.05) is 19.1 Å². The molecule has 0 amide bonds. The van der Waals surface area contributed by atoms with Crippen LogP contribution in [0.5, 0.6) is 0 Å². The van der Waals surface area contributed by atoms with Gasteiger partial charge in [0.1, 0.15) is 11.5 Å². The third kappa shape index (κ3) is 4.33. The van der Waals surface area contributed by atoms with E-state index in [9.17, 15) is 14.7 Å². The number of fused-ring (bicyclic) bond motifs is 2. The number of hydrogen-bond acceptors (Lipinski definition) is 8. The predicted molar refractivity (Wildman–Crippen MR) is 136 cm³/mol. The van der Waals surface area contributed by atoms with Gasteiger partial charge in [0.15, 0.2) is 16.6 Å². The quantitative estimate of drug-likeness (QED) is 0.256. The fraction of sp³-hybridized carbons (Fsp3) is 0.292. The summed E-state index contributed by atoms with van der Waals surface area (Å²) in [5.74, 6) is -0.834. The highest BCUT2D eigenvalue weighted by atomic mass is 35.5. The molecule has 5 rings (SSSR count). The van der Waals surface area contributed by atoms with Crippen LogP contribution < -0.4 is 10.6 Å². The van der Waals surface area contributed by atoms with Crippen LogP contribution in [-0.4, -0.2) is 55.9 Å². The van der Waals surface area contributed by atoms with Crippen molar-refractivity contribution in [3.8, 4) is 0 Å². The number of carbonyl (C=O) groups excluding carboxylic acids is 1. The molecule has 35 heavy (non-hydrogen) atoms. The van der Waals surface area contributed by atoms with Crippen molar-refractivity contribution in [1.82, 2.24) is 19.9 Å². The van der Waals surface area contributed by atoms with E-state index in [0.717, 1.165) is 41.2 Å². The molecule has 4 heterocycles. The van der Waals surface area contributed by atoms with Gasteiger partial charge in [0, 0.05) is 35.1 Å². The maximum Gasteiger partial charge on any atom is 0.355 e. The second-order valence-corrected chi connectivity index (χ2v) is 9.94. The van der Waals surface area contributed by atoms with Crippen LogP contribution in [0.4, 0.5) is 5.82 Å². The van der Waals surface area contributed by atoms with Gasteiger partial charge in [0.05, 0.1) is 21.5 Å². The number of aryl methyl sites for hydroxylation is 1. The van der Waals surface area contributed by atoms with Gasteiger partial charge < -0.3 is 20.7 Å². The molecule has 3 aromatic heterocycles. The second-order valence-electron chi connectivity index (χ2n) is 8.52. The van der Waals surface area contributed by atoms with E-state index in [1.165, 1.54) is 18.7 Å². The van der Waals surface area contributed by atoms with E-state index in [4.69, 9.17) is 27.3 Å². The van der Waals surface area contributed by atoms with E-state index in [2.05, 4.69) is 14.9 Å². The van der Waals surface area contributed by atoms with Crippen molar-refractivity contribution >= 4 is 62.9 Å². The molecule has 0 bridgehead atoms. The minimum atomic E-state index is -1.24. The van der Waals surface area contributed by atoms with Crippen molar-refractivity contribution in [3.05, 3.63) is 46.2 Å². The van der Waals surface area contributed by atoms with Gasteiger partial charge >= 0.3 is 5.97 Å². The average molecular weight is 511 g/mol. The van der Waals surface area contributed by atoms with Gasteiger partial charge in [-0.3, -0.25) is 4.79 Å². The zero-order valence-electron chi connectivity index (χ0n) is 19.1. The van der Waals surface area contributed by atoms with E-state index >= 15 is 0 Å². The number of carboxylic acid groups (broad SMARTS) is 1. The van der Waals surface area contributed by atoms with Crippen LogP contribution in [-0.2, 0) is 6.42 Å². The number of nitrogens with one attached hydrogen (secondary N) is 1. The van der Waals surface area contributed by atoms with Gasteiger partial charge in [0.2, 0.25) is 0 Å². The topological polar surface area (TPSA) is 138 Å². The monoisotopic (exact) mass is 510 g/mol. The Kier molecular flexibility index (Phi) is 6.12.